The first kappa shape index (κ1) is 25.7. The molecule has 2 saturated carbocycles. The molecule has 0 spiro atoms. The van der Waals surface area contributed by atoms with E-state index in [0.29, 0.717) is 0 Å². The monoisotopic (exact) mass is 370 g/mol. The molecule has 2 aliphatic carbocycles. The van der Waals surface area contributed by atoms with Gasteiger partial charge >= 0.3 is 21.7 Å². The number of fused-ring (bicyclic) bond motifs is 3. The van der Waals surface area contributed by atoms with Gasteiger partial charge in [-0.1, -0.05) is 46.7 Å². The van der Waals surface area contributed by atoms with Gasteiger partial charge in [0.05, 0.1) is 0 Å². The van der Waals surface area contributed by atoms with Crippen LogP contribution in [0.1, 0.15) is 32.6 Å². The van der Waals surface area contributed by atoms with Crippen molar-refractivity contribution in [2.45, 2.75) is 57.3 Å². The van der Waals surface area contributed by atoms with E-state index >= 15 is 0 Å². The number of allylic oxidation sites excluding steroid dienone is 1. The van der Waals surface area contributed by atoms with Crippen LogP contribution in [-0.4, -0.2) is 33.3 Å². The molecule has 0 saturated heterocycles. The van der Waals surface area contributed by atoms with Gasteiger partial charge in [0.1, 0.15) is 0 Å². The van der Waals surface area contributed by atoms with E-state index in [0.717, 1.165) is 29.3 Å². The Morgan fingerprint density at radius 3 is 2.13 bits per heavy atom. The van der Waals surface area contributed by atoms with E-state index in [1.165, 1.54) is 31.4 Å². The van der Waals surface area contributed by atoms with Crippen LogP contribution in [-0.2, 0) is 21.7 Å². The molecule has 3 rings (SSSR count). The summed E-state index contributed by atoms with van der Waals surface area (Å²) in [6.07, 6.45) is 8.44. The Kier molecular flexibility index (Phi) is 10.3. The third kappa shape index (κ3) is 3.99. The molecule has 5 unspecified atom stereocenters. The average Bonchev–Trinajstić information content (AvgIpc) is 2.86. The predicted octanol–water partition coefficient (Wildman–Crippen LogP) is 5.57. The summed E-state index contributed by atoms with van der Waals surface area (Å²) < 4.78 is 0. The van der Waals surface area contributed by atoms with E-state index in [4.69, 9.17) is 4.98 Å². The van der Waals surface area contributed by atoms with E-state index in [9.17, 15) is 0 Å². The van der Waals surface area contributed by atoms with E-state index < -0.39 is 8.24 Å². The van der Waals surface area contributed by atoms with E-state index in [2.05, 4.69) is 45.1 Å². The molecule has 0 aromatic carbocycles. The average molecular weight is 370 g/mol. The standard InChI is InChI=1S/C16H29N2Si.3CH3.Ti/c1-11-10-14-12-8-6-7-9-13(12)16(15(14)18(11)3)19(4,5)17-2;;;;/h10,12-16H,6-9H2,1-5H3;3*1H3;/q4*-1;+4. The van der Waals surface area contributed by atoms with E-state index in [-0.39, 0.29) is 44.0 Å². The summed E-state index contributed by atoms with van der Waals surface area (Å²) in [4.78, 5) is 7.49. The van der Waals surface area contributed by atoms with Gasteiger partial charge in [-0.2, -0.15) is 7.05 Å². The largest absolute Gasteiger partial charge is 4.00 e. The zero-order valence-corrected chi connectivity index (χ0v) is 19.2. The van der Waals surface area contributed by atoms with Crippen LogP contribution in [0.25, 0.3) is 4.98 Å². The molecule has 2 nitrogen and oxygen atoms in total. The van der Waals surface area contributed by atoms with Gasteiger partial charge in [0.15, 0.2) is 0 Å². The summed E-state index contributed by atoms with van der Waals surface area (Å²) in [6, 6.07) is 0.762. The second-order valence-electron chi connectivity index (χ2n) is 7.50. The molecule has 0 radical (unpaired) electrons. The van der Waals surface area contributed by atoms with Crippen molar-refractivity contribution in [3.63, 3.8) is 0 Å². The maximum absolute atomic E-state index is 4.90. The Morgan fingerprint density at radius 1 is 1.09 bits per heavy atom. The van der Waals surface area contributed by atoms with Crippen molar-refractivity contribution in [2.24, 2.45) is 17.8 Å². The molecule has 0 amide bonds. The minimum absolute atomic E-state index is 0. The summed E-state index contributed by atoms with van der Waals surface area (Å²) >= 11 is 0. The van der Waals surface area contributed by atoms with Gasteiger partial charge in [-0.05, 0) is 30.7 Å². The second kappa shape index (κ2) is 9.22. The van der Waals surface area contributed by atoms with Crippen LogP contribution in [0.4, 0.5) is 0 Å². The van der Waals surface area contributed by atoms with Crippen LogP contribution in [0.3, 0.4) is 0 Å². The van der Waals surface area contributed by atoms with E-state index in [1.807, 2.05) is 0 Å². The van der Waals surface area contributed by atoms with Crippen molar-refractivity contribution in [2.75, 3.05) is 14.1 Å². The topological polar surface area (TPSA) is 17.3 Å². The number of hydrogen-bond acceptors (Lipinski definition) is 1. The summed E-state index contributed by atoms with van der Waals surface area (Å²) in [5, 5.41) is 0. The van der Waals surface area contributed by atoms with Gasteiger partial charge in [-0.15, -0.1) is 0 Å². The molecular weight excluding hydrogens is 332 g/mol. The summed E-state index contributed by atoms with van der Waals surface area (Å²) in [6.45, 7) is 7.28. The fraction of sp³-hybridized carbons (Fsp3) is 0.737. The van der Waals surface area contributed by atoms with Crippen molar-refractivity contribution >= 4 is 8.24 Å². The van der Waals surface area contributed by atoms with Gasteiger partial charge in [-0.3, -0.25) is 0 Å². The number of rotatable bonds is 2. The van der Waals surface area contributed by atoms with Crippen molar-refractivity contribution < 1.29 is 21.7 Å². The molecule has 23 heavy (non-hydrogen) atoms. The summed E-state index contributed by atoms with van der Waals surface area (Å²) in [5.41, 5.74) is 2.37. The molecule has 2 fully saturated rings. The molecular formula is C19H38N2SiTi. The van der Waals surface area contributed by atoms with Crippen LogP contribution in [0.15, 0.2) is 11.8 Å². The molecule has 5 atom stereocenters. The third-order valence-corrected chi connectivity index (χ3v) is 9.98. The second-order valence-corrected chi connectivity index (χ2v) is 11.9. The van der Waals surface area contributed by atoms with Gasteiger partial charge in [-0.25, -0.2) is 0 Å². The van der Waals surface area contributed by atoms with Crippen LogP contribution in [0, 0.1) is 40.0 Å². The Hall–Kier alpha value is 0.431. The van der Waals surface area contributed by atoms with Crippen molar-refractivity contribution in [1.82, 2.24) is 4.90 Å². The molecule has 0 bridgehead atoms. The molecule has 0 aromatic rings. The Labute approximate surface area is 162 Å². The minimum atomic E-state index is -1.46. The third-order valence-electron chi connectivity index (χ3n) is 6.42. The quantitative estimate of drug-likeness (QED) is 0.459. The number of hydrogen-bond donors (Lipinski definition) is 0. The SMILES string of the molecule is C[N-][Si](C)(C)C1C2CCCCC2C2C=C(C)N(C)C21.[CH3-].[CH3-].[CH3-].[Ti+4]. The number of nitrogens with zero attached hydrogens (tertiary/aromatic N) is 2. The maximum Gasteiger partial charge on any atom is 4.00 e. The molecule has 1 heterocycles. The van der Waals surface area contributed by atoms with Crippen molar-refractivity contribution in [3.05, 3.63) is 39.0 Å². The molecule has 0 aromatic heterocycles. The van der Waals surface area contributed by atoms with Gasteiger partial charge in [0, 0.05) is 24.7 Å². The first-order valence-electron chi connectivity index (χ1n) is 7.99. The molecule has 4 heteroatoms. The predicted molar refractivity (Wildman–Crippen MR) is 104 cm³/mol. The Bertz CT molecular complexity index is 397. The smallest absolute Gasteiger partial charge is 0.667 e. The van der Waals surface area contributed by atoms with Crippen LogP contribution in [0.5, 0.6) is 0 Å². The van der Waals surface area contributed by atoms with Crippen LogP contribution < -0.4 is 0 Å². The zero-order valence-electron chi connectivity index (χ0n) is 16.7. The fourth-order valence-corrected chi connectivity index (χ4v) is 8.34. The van der Waals surface area contributed by atoms with Crippen molar-refractivity contribution in [3.8, 4) is 0 Å². The van der Waals surface area contributed by atoms with E-state index in [1.54, 1.807) is 0 Å². The molecule has 0 N–H and O–H groups in total. The molecule has 132 valence electrons. The molecule has 1 aliphatic heterocycles. The van der Waals surface area contributed by atoms with Crippen LogP contribution in [0.2, 0.25) is 18.6 Å². The Balaban J connectivity index is 0. The first-order chi connectivity index (χ1) is 8.97. The molecule has 3 aliphatic rings. The van der Waals surface area contributed by atoms with Crippen LogP contribution >= 0.6 is 0 Å². The summed E-state index contributed by atoms with van der Waals surface area (Å²) in [5.74, 6) is 2.74. The van der Waals surface area contributed by atoms with Gasteiger partial charge < -0.3 is 32.2 Å². The maximum atomic E-state index is 4.90. The normalized spacial score (nSPS) is 34.7. The van der Waals surface area contributed by atoms with Crippen molar-refractivity contribution in [1.29, 1.82) is 0 Å². The minimum Gasteiger partial charge on any atom is -0.667 e. The fourth-order valence-electron chi connectivity index (χ4n) is 5.30. The van der Waals surface area contributed by atoms with Gasteiger partial charge in [0.2, 0.25) is 0 Å². The first-order valence-corrected chi connectivity index (χ1v) is 11.0. The van der Waals surface area contributed by atoms with Gasteiger partial charge in [0.25, 0.3) is 0 Å². The summed E-state index contributed by atoms with van der Waals surface area (Å²) in [7, 11) is 2.94. The Morgan fingerprint density at radius 2 is 1.61 bits per heavy atom. The zero-order chi connectivity index (χ0) is 13.8.